The molecule has 3 amide bonds. The van der Waals surface area contributed by atoms with Crippen LogP contribution in [0, 0.1) is 18.6 Å². The third-order valence-corrected chi connectivity index (χ3v) is 4.33. The summed E-state index contributed by atoms with van der Waals surface area (Å²) in [5, 5.41) is 2.48. The van der Waals surface area contributed by atoms with Crippen molar-refractivity contribution in [1.82, 2.24) is 10.2 Å². The van der Waals surface area contributed by atoms with Gasteiger partial charge in [-0.05, 0) is 43.2 Å². The Labute approximate surface area is 138 Å². The highest BCUT2D eigenvalue weighted by atomic mass is 19.1. The summed E-state index contributed by atoms with van der Waals surface area (Å²) in [6.45, 7) is 3.33. The molecule has 24 heavy (non-hydrogen) atoms. The third-order valence-electron chi connectivity index (χ3n) is 4.33. The van der Waals surface area contributed by atoms with Crippen LogP contribution in [-0.4, -0.2) is 16.8 Å². The molecule has 1 fully saturated rings. The van der Waals surface area contributed by atoms with E-state index in [-0.39, 0.29) is 12.1 Å². The van der Waals surface area contributed by atoms with Gasteiger partial charge in [-0.15, -0.1) is 0 Å². The third kappa shape index (κ3) is 2.54. The highest BCUT2D eigenvalue weighted by Gasteiger charge is 2.50. The molecule has 1 heterocycles. The van der Waals surface area contributed by atoms with Crippen LogP contribution < -0.4 is 5.32 Å². The van der Waals surface area contributed by atoms with Crippen LogP contribution in [0.4, 0.5) is 13.6 Å². The fourth-order valence-corrected chi connectivity index (χ4v) is 2.86. The maximum atomic E-state index is 14.1. The maximum absolute atomic E-state index is 14.1. The van der Waals surface area contributed by atoms with E-state index in [4.69, 9.17) is 0 Å². The van der Waals surface area contributed by atoms with Crippen molar-refractivity contribution in [2.75, 3.05) is 0 Å². The van der Waals surface area contributed by atoms with E-state index in [0.29, 0.717) is 0 Å². The lowest BCUT2D eigenvalue weighted by Gasteiger charge is -2.23. The lowest BCUT2D eigenvalue weighted by atomic mass is 9.91. The zero-order valence-electron chi connectivity index (χ0n) is 13.3. The first-order chi connectivity index (χ1) is 11.3. The molecule has 0 unspecified atom stereocenters. The molecule has 2 aromatic carbocycles. The summed E-state index contributed by atoms with van der Waals surface area (Å²) in [4.78, 5) is 26.1. The SMILES string of the molecule is Cc1ccccc1CN1C(=O)N[C@](C)(c2cc(F)ccc2F)C1=O. The number of carbonyl (C=O) groups excluding carboxylic acids is 2. The molecule has 0 spiro atoms. The summed E-state index contributed by atoms with van der Waals surface area (Å²) in [5.74, 6) is -2.03. The van der Waals surface area contributed by atoms with Crippen molar-refractivity contribution in [2.45, 2.75) is 25.9 Å². The molecular weight excluding hydrogens is 314 g/mol. The fourth-order valence-electron chi connectivity index (χ4n) is 2.86. The Kier molecular flexibility index (Phi) is 3.83. The highest BCUT2D eigenvalue weighted by Crippen LogP contribution is 2.32. The molecule has 1 saturated heterocycles. The number of benzene rings is 2. The van der Waals surface area contributed by atoms with E-state index in [0.717, 1.165) is 34.2 Å². The number of nitrogens with zero attached hydrogens (tertiary/aromatic N) is 1. The van der Waals surface area contributed by atoms with E-state index >= 15 is 0 Å². The number of rotatable bonds is 3. The molecule has 0 bridgehead atoms. The molecule has 0 aliphatic carbocycles. The lowest BCUT2D eigenvalue weighted by molar-refractivity contribution is -0.131. The van der Waals surface area contributed by atoms with Gasteiger partial charge < -0.3 is 5.32 Å². The molecule has 1 aliphatic rings. The molecule has 2 aromatic rings. The Hall–Kier alpha value is -2.76. The number of halogens is 2. The molecule has 3 rings (SSSR count). The Balaban J connectivity index is 1.96. The number of amides is 3. The smallest absolute Gasteiger partial charge is 0.319 e. The minimum Gasteiger partial charge on any atom is -0.319 e. The Morgan fingerprint density at radius 1 is 1.12 bits per heavy atom. The second-order valence-electron chi connectivity index (χ2n) is 6.00. The van der Waals surface area contributed by atoms with Gasteiger partial charge in [-0.25, -0.2) is 13.6 Å². The summed E-state index contributed by atoms with van der Waals surface area (Å²) in [6.07, 6.45) is 0. The summed E-state index contributed by atoms with van der Waals surface area (Å²) in [6, 6.07) is 9.57. The number of urea groups is 1. The number of hydrogen-bond donors (Lipinski definition) is 1. The average molecular weight is 330 g/mol. The van der Waals surface area contributed by atoms with Gasteiger partial charge in [-0.3, -0.25) is 9.69 Å². The van der Waals surface area contributed by atoms with Crippen LogP contribution in [0.5, 0.6) is 0 Å². The quantitative estimate of drug-likeness (QED) is 0.879. The minimum absolute atomic E-state index is 0.0733. The molecule has 1 N–H and O–H groups in total. The number of nitrogens with one attached hydrogen (secondary N) is 1. The molecule has 0 aromatic heterocycles. The van der Waals surface area contributed by atoms with Crippen LogP contribution in [0.1, 0.15) is 23.6 Å². The van der Waals surface area contributed by atoms with Crippen molar-refractivity contribution >= 4 is 11.9 Å². The largest absolute Gasteiger partial charge is 0.325 e. The molecule has 4 nitrogen and oxygen atoms in total. The normalized spacial score (nSPS) is 20.4. The van der Waals surface area contributed by atoms with Crippen molar-refractivity contribution in [3.8, 4) is 0 Å². The summed E-state index contributed by atoms with van der Waals surface area (Å²) in [5.41, 5.74) is -0.0758. The van der Waals surface area contributed by atoms with E-state index in [9.17, 15) is 18.4 Å². The average Bonchev–Trinajstić information content (AvgIpc) is 2.76. The van der Waals surface area contributed by atoms with E-state index in [1.807, 2.05) is 31.2 Å². The van der Waals surface area contributed by atoms with Crippen molar-refractivity contribution in [3.63, 3.8) is 0 Å². The van der Waals surface area contributed by atoms with Crippen LogP contribution >= 0.6 is 0 Å². The van der Waals surface area contributed by atoms with Gasteiger partial charge in [0.25, 0.3) is 5.91 Å². The second-order valence-corrected chi connectivity index (χ2v) is 6.00. The first-order valence-electron chi connectivity index (χ1n) is 7.47. The minimum atomic E-state index is -1.63. The molecule has 0 radical (unpaired) electrons. The molecule has 6 heteroatoms. The first kappa shape index (κ1) is 16.1. The number of hydrogen-bond acceptors (Lipinski definition) is 2. The van der Waals surface area contributed by atoms with Gasteiger partial charge in [0.2, 0.25) is 0 Å². The van der Waals surface area contributed by atoms with Gasteiger partial charge in [0.1, 0.15) is 17.2 Å². The topological polar surface area (TPSA) is 49.4 Å². The van der Waals surface area contributed by atoms with E-state index in [1.165, 1.54) is 6.92 Å². The van der Waals surface area contributed by atoms with Crippen LogP contribution in [-0.2, 0) is 16.9 Å². The molecule has 1 aliphatic heterocycles. The van der Waals surface area contributed by atoms with Gasteiger partial charge in [-0.2, -0.15) is 0 Å². The van der Waals surface area contributed by atoms with E-state index < -0.39 is 29.1 Å². The summed E-state index contributed by atoms with van der Waals surface area (Å²) >= 11 is 0. The number of carbonyl (C=O) groups is 2. The Bertz CT molecular complexity index is 838. The maximum Gasteiger partial charge on any atom is 0.325 e. The predicted octanol–water partition coefficient (Wildman–Crippen LogP) is 3.24. The zero-order valence-corrected chi connectivity index (χ0v) is 13.3. The molecule has 124 valence electrons. The predicted molar refractivity (Wildman–Crippen MR) is 84.0 cm³/mol. The summed E-state index contributed by atoms with van der Waals surface area (Å²) in [7, 11) is 0. The first-order valence-corrected chi connectivity index (χ1v) is 7.47. The van der Waals surface area contributed by atoms with Crippen molar-refractivity contribution in [2.24, 2.45) is 0 Å². The van der Waals surface area contributed by atoms with Gasteiger partial charge >= 0.3 is 6.03 Å². The van der Waals surface area contributed by atoms with Crippen molar-refractivity contribution in [1.29, 1.82) is 0 Å². The fraction of sp³-hybridized carbons (Fsp3) is 0.222. The van der Waals surface area contributed by atoms with Gasteiger partial charge in [0, 0.05) is 5.56 Å². The van der Waals surface area contributed by atoms with Crippen LogP contribution in [0.25, 0.3) is 0 Å². The molecule has 0 saturated carbocycles. The number of imide groups is 1. The Morgan fingerprint density at radius 3 is 2.54 bits per heavy atom. The summed E-state index contributed by atoms with van der Waals surface area (Å²) < 4.78 is 27.6. The number of aryl methyl sites for hydroxylation is 1. The van der Waals surface area contributed by atoms with Crippen LogP contribution in [0.2, 0.25) is 0 Å². The zero-order chi connectivity index (χ0) is 17.5. The lowest BCUT2D eigenvalue weighted by Crippen LogP contribution is -2.41. The highest BCUT2D eigenvalue weighted by molar-refractivity contribution is 6.07. The van der Waals surface area contributed by atoms with Crippen molar-refractivity contribution < 1.29 is 18.4 Å². The van der Waals surface area contributed by atoms with Crippen LogP contribution in [0.3, 0.4) is 0 Å². The molecule has 1 atom stereocenters. The second kappa shape index (κ2) is 5.70. The van der Waals surface area contributed by atoms with Crippen LogP contribution in [0.15, 0.2) is 42.5 Å². The monoisotopic (exact) mass is 330 g/mol. The van der Waals surface area contributed by atoms with Gasteiger partial charge in [-0.1, -0.05) is 24.3 Å². The van der Waals surface area contributed by atoms with Gasteiger partial charge in [0.15, 0.2) is 0 Å². The van der Waals surface area contributed by atoms with Crippen molar-refractivity contribution in [3.05, 3.63) is 70.8 Å². The van der Waals surface area contributed by atoms with E-state index in [1.54, 1.807) is 0 Å². The standard InChI is InChI=1S/C18H16F2N2O2/c1-11-5-3-4-6-12(11)10-22-16(23)18(2,21-17(22)24)14-9-13(19)7-8-15(14)20/h3-9H,10H2,1-2H3,(H,21,24)/t18-/m1/s1. The Morgan fingerprint density at radius 2 is 1.83 bits per heavy atom. The molecular formula is C18H16F2N2O2. The van der Waals surface area contributed by atoms with Gasteiger partial charge in [0.05, 0.1) is 6.54 Å². The van der Waals surface area contributed by atoms with E-state index in [2.05, 4.69) is 5.32 Å².